The smallest absolute Gasteiger partial charge is 0.295 e. The summed E-state index contributed by atoms with van der Waals surface area (Å²) in [5.74, 6) is 0.624. The van der Waals surface area contributed by atoms with E-state index >= 15 is 0 Å². The van der Waals surface area contributed by atoms with Crippen LogP contribution in [0.3, 0.4) is 0 Å². The van der Waals surface area contributed by atoms with Crippen LogP contribution in [0.5, 0.6) is 11.5 Å². The van der Waals surface area contributed by atoms with Crippen molar-refractivity contribution in [1.82, 2.24) is 0 Å². The van der Waals surface area contributed by atoms with Crippen molar-refractivity contribution in [2.75, 3.05) is 14.2 Å². The monoisotopic (exact) mass is 294 g/mol. The van der Waals surface area contributed by atoms with Gasteiger partial charge in [-0.2, -0.15) is 8.42 Å². The van der Waals surface area contributed by atoms with Gasteiger partial charge in [0.2, 0.25) is 0 Å². The number of methoxy groups -OCH3 is 2. The lowest BCUT2D eigenvalue weighted by Crippen LogP contribution is -2.03. The summed E-state index contributed by atoms with van der Waals surface area (Å²) < 4.78 is 42.7. The summed E-state index contributed by atoms with van der Waals surface area (Å²) in [5, 5.41) is 0. The molecule has 0 aromatic heterocycles. The fraction of sp³-hybridized carbons (Fsp3) is 0.143. The fourth-order valence-electron chi connectivity index (χ4n) is 1.92. The molecule has 0 unspecified atom stereocenters. The second-order valence-electron chi connectivity index (χ2n) is 4.04. The molecule has 2 aromatic rings. The van der Waals surface area contributed by atoms with Gasteiger partial charge in [-0.15, -0.1) is 0 Å². The highest BCUT2D eigenvalue weighted by Crippen LogP contribution is 2.37. The predicted molar refractivity (Wildman–Crippen MR) is 74.8 cm³/mol. The molecule has 0 spiro atoms. The lowest BCUT2D eigenvalue weighted by atomic mass is 10.1. The van der Waals surface area contributed by atoms with Crippen LogP contribution in [0.25, 0.3) is 11.1 Å². The van der Waals surface area contributed by atoms with Crippen LogP contribution < -0.4 is 9.47 Å². The van der Waals surface area contributed by atoms with Crippen LogP contribution >= 0.6 is 0 Å². The first-order valence-electron chi connectivity index (χ1n) is 5.76. The van der Waals surface area contributed by atoms with Gasteiger partial charge in [-0.1, -0.05) is 30.3 Å². The maximum absolute atomic E-state index is 11.6. The van der Waals surface area contributed by atoms with Gasteiger partial charge in [-0.25, -0.2) is 0 Å². The van der Waals surface area contributed by atoms with Crippen molar-refractivity contribution in [2.24, 2.45) is 0 Å². The SMILES string of the molecule is COc1cc(-c2ccccc2)c(S(=O)(=O)O)cc1OC. The van der Waals surface area contributed by atoms with E-state index in [0.29, 0.717) is 16.9 Å². The Balaban J connectivity index is 2.78. The van der Waals surface area contributed by atoms with Crippen molar-refractivity contribution in [1.29, 1.82) is 0 Å². The molecule has 0 saturated heterocycles. The standard InChI is InChI=1S/C14H14O5S/c1-18-12-8-11(10-6-4-3-5-7-10)14(20(15,16)17)9-13(12)19-2/h3-9H,1-2H3,(H,15,16,17). The first kappa shape index (κ1) is 14.4. The Morgan fingerprint density at radius 2 is 1.50 bits per heavy atom. The van der Waals surface area contributed by atoms with E-state index in [9.17, 15) is 13.0 Å². The van der Waals surface area contributed by atoms with Crippen molar-refractivity contribution in [2.45, 2.75) is 4.90 Å². The van der Waals surface area contributed by atoms with Crippen molar-refractivity contribution < 1.29 is 22.4 Å². The van der Waals surface area contributed by atoms with E-state index < -0.39 is 10.1 Å². The third kappa shape index (κ3) is 2.76. The van der Waals surface area contributed by atoms with E-state index in [-0.39, 0.29) is 10.6 Å². The minimum Gasteiger partial charge on any atom is -0.493 e. The van der Waals surface area contributed by atoms with Crippen LogP contribution in [-0.4, -0.2) is 27.2 Å². The molecule has 0 atom stereocenters. The average molecular weight is 294 g/mol. The molecule has 5 nitrogen and oxygen atoms in total. The first-order valence-corrected chi connectivity index (χ1v) is 7.20. The minimum absolute atomic E-state index is 0.221. The summed E-state index contributed by atoms with van der Waals surface area (Å²) in [4.78, 5) is -0.221. The predicted octanol–water partition coefficient (Wildman–Crippen LogP) is 2.62. The minimum atomic E-state index is -4.37. The lowest BCUT2D eigenvalue weighted by molar-refractivity contribution is 0.354. The number of benzene rings is 2. The summed E-state index contributed by atoms with van der Waals surface area (Å²) in [5.41, 5.74) is 1.01. The molecule has 2 rings (SSSR count). The molecule has 0 radical (unpaired) electrons. The Morgan fingerprint density at radius 3 is 2.00 bits per heavy atom. The van der Waals surface area contributed by atoms with Crippen LogP contribution in [0.4, 0.5) is 0 Å². The Labute approximate surface area is 117 Å². The van der Waals surface area contributed by atoms with E-state index in [1.165, 1.54) is 26.4 Å². The normalized spacial score (nSPS) is 11.2. The zero-order chi connectivity index (χ0) is 14.8. The van der Waals surface area contributed by atoms with E-state index in [1.54, 1.807) is 24.3 Å². The largest absolute Gasteiger partial charge is 0.493 e. The van der Waals surface area contributed by atoms with Crippen LogP contribution in [0, 0.1) is 0 Å². The summed E-state index contributed by atoms with van der Waals surface area (Å²) in [6.07, 6.45) is 0. The molecule has 0 bridgehead atoms. The van der Waals surface area contributed by atoms with Crippen molar-refractivity contribution >= 4 is 10.1 Å². The zero-order valence-electron chi connectivity index (χ0n) is 11.0. The average Bonchev–Trinajstić information content (AvgIpc) is 2.45. The summed E-state index contributed by atoms with van der Waals surface area (Å²) >= 11 is 0. The Kier molecular flexibility index (Phi) is 3.96. The Hall–Kier alpha value is -2.05. The molecule has 0 aliphatic rings. The quantitative estimate of drug-likeness (QED) is 0.877. The molecule has 0 amide bonds. The molecule has 0 fully saturated rings. The molecule has 6 heteroatoms. The highest BCUT2D eigenvalue weighted by molar-refractivity contribution is 7.86. The molecular formula is C14H14O5S. The molecule has 106 valence electrons. The van der Waals surface area contributed by atoms with Crippen LogP contribution in [0.2, 0.25) is 0 Å². The number of hydrogen-bond donors (Lipinski definition) is 1. The van der Waals surface area contributed by atoms with Gasteiger partial charge in [0.15, 0.2) is 11.5 Å². The second-order valence-corrected chi connectivity index (χ2v) is 5.43. The van der Waals surface area contributed by atoms with E-state index in [0.717, 1.165) is 0 Å². The second kappa shape index (κ2) is 5.52. The third-order valence-electron chi connectivity index (χ3n) is 2.85. The van der Waals surface area contributed by atoms with Crippen molar-refractivity contribution in [3.63, 3.8) is 0 Å². The van der Waals surface area contributed by atoms with E-state index in [2.05, 4.69) is 0 Å². The molecule has 1 N–H and O–H groups in total. The van der Waals surface area contributed by atoms with Crippen LogP contribution in [-0.2, 0) is 10.1 Å². The molecule has 20 heavy (non-hydrogen) atoms. The maximum atomic E-state index is 11.6. The lowest BCUT2D eigenvalue weighted by Gasteiger charge is -2.13. The molecule has 0 saturated carbocycles. The first-order chi connectivity index (χ1) is 9.47. The van der Waals surface area contributed by atoms with Gasteiger partial charge in [-0.05, 0) is 11.6 Å². The molecule has 0 aliphatic heterocycles. The molecule has 2 aromatic carbocycles. The van der Waals surface area contributed by atoms with Gasteiger partial charge >= 0.3 is 0 Å². The van der Waals surface area contributed by atoms with Gasteiger partial charge in [0.1, 0.15) is 4.90 Å². The fourth-order valence-corrected chi connectivity index (χ4v) is 2.63. The van der Waals surface area contributed by atoms with Gasteiger partial charge in [0.05, 0.1) is 14.2 Å². The van der Waals surface area contributed by atoms with E-state index in [1.807, 2.05) is 6.07 Å². The highest BCUT2D eigenvalue weighted by Gasteiger charge is 2.20. The Bertz CT molecular complexity index is 708. The maximum Gasteiger partial charge on any atom is 0.295 e. The molecular weight excluding hydrogens is 280 g/mol. The summed E-state index contributed by atoms with van der Waals surface area (Å²) in [7, 11) is -1.52. The highest BCUT2D eigenvalue weighted by atomic mass is 32.2. The zero-order valence-corrected chi connectivity index (χ0v) is 11.8. The molecule has 0 aliphatic carbocycles. The van der Waals surface area contributed by atoms with E-state index in [4.69, 9.17) is 9.47 Å². The Morgan fingerprint density at radius 1 is 0.950 bits per heavy atom. The number of rotatable bonds is 4. The van der Waals surface area contributed by atoms with Gasteiger partial charge in [0.25, 0.3) is 10.1 Å². The number of hydrogen-bond acceptors (Lipinski definition) is 4. The van der Waals surface area contributed by atoms with Crippen LogP contribution in [0.15, 0.2) is 47.4 Å². The van der Waals surface area contributed by atoms with Crippen molar-refractivity contribution in [3.8, 4) is 22.6 Å². The van der Waals surface area contributed by atoms with Gasteiger partial charge in [0, 0.05) is 11.6 Å². The van der Waals surface area contributed by atoms with Gasteiger partial charge < -0.3 is 9.47 Å². The summed E-state index contributed by atoms with van der Waals surface area (Å²) in [6.45, 7) is 0. The topological polar surface area (TPSA) is 72.8 Å². The molecule has 0 heterocycles. The van der Waals surface area contributed by atoms with Gasteiger partial charge in [-0.3, -0.25) is 4.55 Å². The summed E-state index contributed by atoms with van der Waals surface area (Å²) in [6, 6.07) is 11.6. The van der Waals surface area contributed by atoms with Crippen LogP contribution in [0.1, 0.15) is 0 Å². The number of ether oxygens (including phenoxy) is 2. The third-order valence-corrected chi connectivity index (χ3v) is 3.74. The van der Waals surface area contributed by atoms with Crippen molar-refractivity contribution in [3.05, 3.63) is 42.5 Å².